The van der Waals surface area contributed by atoms with Gasteiger partial charge in [0.15, 0.2) is 0 Å². The van der Waals surface area contributed by atoms with Gasteiger partial charge in [-0.2, -0.15) is 13.2 Å². The van der Waals surface area contributed by atoms with Crippen LogP contribution in [0, 0.1) is 17.3 Å². The van der Waals surface area contributed by atoms with Gasteiger partial charge >= 0.3 is 12.3 Å². The van der Waals surface area contributed by atoms with Gasteiger partial charge in [0, 0.05) is 37.5 Å². The Labute approximate surface area is 197 Å². The lowest BCUT2D eigenvalue weighted by molar-refractivity contribution is -0.152. The second-order valence-corrected chi connectivity index (χ2v) is 10.3. The smallest absolute Gasteiger partial charge is 0.416 e. The molecule has 1 aliphatic carbocycles. The van der Waals surface area contributed by atoms with Gasteiger partial charge in [-0.05, 0) is 68.4 Å². The van der Waals surface area contributed by atoms with Crippen molar-refractivity contribution in [1.82, 2.24) is 9.80 Å². The molecule has 184 valence electrons. The molecule has 2 amide bonds. The molecule has 1 spiro atoms. The average Bonchev–Trinajstić information content (AvgIpc) is 3.28. The minimum absolute atomic E-state index is 0.0613. The van der Waals surface area contributed by atoms with E-state index >= 15 is 0 Å². The highest BCUT2D eigenvalue weighted by atomic mass is 19.4. The number of aliphatic imine (C=N–C) groups is 1. The zero-order chi connectivity index (χ0) is 23.9. The van der Waals surface area contributed by atoms with Crippen molar-refractivity contribution in [3.8, 4) is 0 Å². The summed E-state index contributed by atoms with van der Waals surface area (Å²) in [6.45, 7) is 2.59. The van der Waals surface area contributed by atoms with Crippen molar-refractivity contribution in [2.45, 2.75) is 57.3 Å². The Balaban J connectivity index is 1.05. The second kappa shape index (κ2) is 8.89. The van der Waals surface area contributed by atoms with E-state index in [0.29, 0.717) is 30.6 Å². The number of nitrogens with zero attached hydrogens (tertiary/aromatic N) is 3. The second-order valence-electron chi connectivity index (χ2n) is 10.3. The number of fused-ring (bicyclic) bond motifs is 1. The van der Waals surface area contributed by atoms with Crippen LogP contribution in [0.4, 0.5) is 18.0 Å². The maximum absolute atomic E-state index is 13.0. The molecule has 5 rings (SSSR count). The molecule has 3 unspecified atom stereocenters. The number of carbonyl (C=O) groups excluding carboxylic acids is 2. The van der Waals surface area contributed by atoms with Crippen LogP contribution in [0.5, 0.6) is 0 Å². The third-order valence-corrected chi connectivity index (χ3v) is 8.10. The Morgan fingerprint density at radius 3 is 2.44 bits per heavy atom. The van der Waals surface area contributed by atoms with E-state index in [9.17, 15) is 22.8 Å². The predicted octanol–water partition coefficient (Wildman–Crippen LogP) is 4.53. The molecule has 2 saturated heterocycles. The fraction of sp³-hybridized carbons (Fsp3) is 0.640. The van der Waals surface area contributed by atoms with Gasteiger partial charge in [-0.3, -0.25) is 9.79 Å². The molecule has 1 aromatic rings. The minimum atomic E-state index is -4.38. The molecule has 0 aromatic heterocycles. The van der Waals surface area contributed by atoms with E-state index in [1.165, 1.54) is 12.1 Å². The number of piperidine rings is 1. The van der Waals surface area contributed by atoms with Gasteiger partial charge in [0.25, 0.3) is 0 Å². The van der Waals surface area contributed by atoms with Crippen molar-refractivity contribution in [2.24, 2.45) is 22.2 Å². The van der Waals surface area contributed by atoms with Gasteiger partial charge in [-0.25, -0.2) is 4.79 Å². The molecule has 1 saturated carbocycles. The highest BCUT2D eigenvalue weighted by Crippen LogP contribution is 2.43. The van der Waals surface area contributed by atoms with Crippen LogP contribution in [0.1, 0.15) is 49.7 Å². The van der Waals surface area contributed by atoms with Gasteiger partial charge in [-0.15, -0.1) is 0 Å². The summed E-state index contributed by atoms with van der Waals surface area (Å²) in [4.78, 5) is 33.6. The van der Waals surface area contributed by atoms with Gasteiger partial charge in [0.1, 0.15) is 6.61 Å². The summed E-state index contributed by atoms with van der Waals surface area (Å²) in [6, 6.07) is 4.96. The monoisotopic (exact) mass is 477 g/mol. The molecule has 4 aliphatic rings. The molecule has 3 heterocycles. The number of hydrogen-bond acceptors (Lipinski definition) is 4. The Morgan fingerprint density at radius 2 is 1.76 bits per heavy atom. The predicted molar refractivity (Wildman–Crippen MR) is 119 cm³/mol. The molecule has 1 aromatic carbocycles. The molecule has 9 heteroatoms. The zero-order valence-electron chi connectivity index (χ0n) is 19.1. The van der Waals surface area contributed by atoms with Crippen LogP contribution in [-0.4, -0.2) is 60.2 Å². The van der Waals surface area contributed by atoms with Gasteiger partial charge < -0.3 is 14.5 Å². The summed E-state index contributed by atoms with van der Waals surface area (Å²) in [5.41, 5.74) is -0.125. The van der Waals surface area contributed by atoms with Crippen molar-refractivity contribution in [3.63, 3.8) is 0 Å². The van der Waals surface area contributed by atoms with Crippen LogP contribution in [0.25, 0.3) is 0 Å². The molecule has 6 nitrogen and oxygen atoms in total. The normalized spacial score (nSPS) is 27.9. The summed E-state index contributed by atoms with van der Waals surface area (Å²) in [7, 11) is 0. The molecule has 0 radical (unpaired) electrons. The molecule has 34 heavy (non-hydrogen) atoms. The standard InChI is InChI=1S/C25H30F3N3O3/c26-25(27,28)20-5-1-17(2-6-20)14-34-23(33)30-11-8-24(9-12-30)15-31(16-24)22(32)19-4-3-18-7-10-29-21(18)13-19/h1-2,5-6,10,18-19,21H,3-4,7-9,11-16H2. The van der Waals surface area contributed by atoms with Crippen LogP contribution in [0.2, 0.25) is 0 Å². The number of likely N-dealkylation sites (tertiary alicyclic amines) is 2. The molecular weight excluding hydrogens is 447 g/mol. The number of ether oxygens (including phenoxy) is 1. The number of alkyl halides is 3. The Morgan fingerprint density at radius 1 is 1.06 bits per heavy atom. The summed E-state index contributed by atoms with van der Waals surface area (Å²) in [5.74, 6) is 0.994. The minimum Gasteiger partial charge on any atom is -0.445 e. The number of benzene rings is 1. The lowest BCUT2D eigenvalue weighted by Crippen LogP contribution is -2.63. The first-order valence-corrected chi connectivity index (χ1v) is 12.1. The molecule has 3 atom stereocenters. The van der Waals surface area contributed by atoms with Gasteiger partial charge in [-0.1, -0.05) is 12.1 Å². The van der Waals surface area contributed by atoms with Crippen LogP contribution < -0.4 is 0 Å². The van der Waals surface area contributed by atoms with Crippen LogP contribution in [0.15, 0.2) is 29.3 Å². The first-order chi connectivity index (χ1) is 16.2. The number of amides is 2. The van der Waals surface area contributed by atoms with Crippen LogP contribution in [0.3, 0.4) is 0 Å². The largest absolute Gasteiger partial charge is 0.445 e. The maximum atomic E-state index is 13.0. The fourth-order valence-corrected chi connectivity index (χ4v) is 5.91. The summed E-state index contributed by atoms with van der Waals surface area (Å²) < 4.78 is 43.3. The Hall–Kier alpha value is -2.58. The number of carbonyl (C=O) groups is 2. The van der Waals surface area contributed by atoms with E-state index in [1.54, 1.807) is 4.90 Å². The molecule has 0 bridgehead atoms. The van der Waals surface area contributed by atoms with Crippen molar-refractivity contribution in [1.29, 1.82) is 0 Å². The molecule has 3 fully saturated rings. The summed E-state index contributed by atoms with van der Waals surface area (Å²) >= 11 is 0. The van der Waals surface area contributed by atoms with E-state index < -0.39 is 17.8 Å². The Bertz CT molecular complexity index is 946. The molecule has 3 aliphatic heterocycles. The first-order valence-electron chi connectivity index (χ1n) is 12.1. The van der Waals surface area contributed by atoms with E-state index in [-0.39, 0.29) is 23.8 Å². The quantitative estimate of drug-likeness (QED) is 0.643. The zero-order valence-corrected chi connectivity index (χ0v) is 19.1. The van der Waals surface area contributed by atoms with E-state index in [1.807, 2.05) is 11.1 Å². The average molecular weight is 478 g/mol. The third-order valence-electron chi connectivity index (χ3n) is 8.10. The van der Waals surface area contributed by atoms with Gasteiger partial charge in [0.2, 0.25) is 5.91 Å². The van der Waals surface area contributed by atoms with E-state index in [4.69, 9.17) is 4.74 Å². The van der Waals surface area contributed by atoms with Crippen molar-refractivity contribution in [3.05, 3.63) is 35.4 Å². The SMILES string of the molecule is O=C(OCc1ccc(C(F)(F)F)cc1)N1CCC2(CC1)CN(C(=O)C1CCC3CC=NC3C1)C2. The van der Waals surface area contributed by atoms with Crippen molar-refractivity contribution < 1.29 is 27.5 Å². The molecular formula is C25H30F3N3O3. The molecule has 0 N–H and O–H groups in total. The maximum Gasteiger partial charge on any atom is 0.416 e. The van der Waals surface area contributed by atoms with Crippen LogP contribution >= 0.6 is 0 Å². The Kier molecular flexibility index (Phi) is 6.06. The topological polar surface area (TPSA) is 62.2 Å². The highest BCUT2D eigenvalue weighted by molar-refractivity contribution is 5.80. The first kappa shape index (κ1) is 23.2. The third kappa shape index (κ3) is 4.66. The summed E-state index contributed by atoms with van der Waals surface area (Å²) in [5, 5.41) is 0. The van der Waals surface area contributed by atoms with Gasteiger partial charge in [0.05, 0.1) is 11.6 Å². The number of hydrogen-bond donors (Lipinski definition) is 0. The number of halogens is 3. The van der Waals surface area contributed by atoms with Crippen molar-refractivity contribution in [2.75, 3.05) is 26.2 Å². The fourth-order valence-electron chi connectivity index (χ4n) is 5.91. The number of rotatable bonds is 3. The van der Waals surface area contributed by atoms with Crippen molar-refractivity contribution >= 4 is 18.2 Å². The summed E-state index contributed by atoms with van der Waals surface area (Å²) in [6.07, 6.45) is 2.82. The van der Waals surface area contributed by atoms with Crippen LogP contribution in [-0.2, 0) is 22.3 Å². The highest BCUT2D eigenvalue weighted by Gasteiger charge is 2.49. The van der Waals surface area contributed by atoms with E-state index in [0.717, 1.165) is 63.7 Å². The lowest BCUT2D eigenvalue weighted by atomic mass is 9.70. The lowest BCUT2D eigenvalue weighted by Gasteiger charge is -2.54. The van der Waals surface area contributed by atoms with E-state index in [2.05, 4.69) is 4.99 Å².